The van der Waals surface area contributed by atoms with Gasteiger partial charge in [0.05, 0.1) is 7.11 Å². The zero-order valence-corrected chi connectivity index (χ0v) is 15.5. The predicted octanol–water partition coefficient (Wildman–Crippen LogP) is 4.21. The van der Waals surface area contributed by atoms with E-state index in [0.29, 0.717) is 5.41 Å². The first-order chi connectivity index (χ1) is 12.2. The summed E-state index contributed by atoms with van der Waals surface area (Å²) < 4.78 is 5.55. The van der Waals surface area contributed by atoms with E-state index in [-0.39, 0.29) is 0 Å². The number of hydrogen-bond acceptors (Lipinski definition) is 3. The van der Waals surface area contributed by atoms with E-state index in [4.69, 9.17) is 10.5 Å². The van der Waals surface area contributed by atoms with Crippen LogP contribution >= 0.6 is 0 Å². The van der Waals surface area contributed by atoms with Crippen LogP contribution in [0.25, 0.3) is 0 Å². The molecule has 2 N–H and O–H groups in total. The molecule has 0 aromatic heterocycles. The van der Waals surface area contributed by atoms with Crippen molar-refractivity contribution in [3.8, 4) is 5.75 Å². The van der Waals surface area contributed by atoms with E-state index in [0.717, 1.165) is 35.2 Å². The number of methoxy groups -OCH3 is 1. The number of likely N-dealkylation sites (tertiary alicyclic amines) is 1. The molecule has 136 valence electrons. The van der Waals surface area contributed by atoms with Crippen LogP contribution in [0.2, 0.25) is 0 Å². The monoisotopic (exact) mass is 340 g/mol. The van der Waals surface area contributed by atoms with Crippen molar-refractivity contribution >= 4 is 5.69 Å². The summed E-state index contributed by atoms with van der Waals surface area (Å²) in [6.45, 7) is 2.70. The fourth-order valence-electron chi connectivity index (χ4n) is 6.69. The average Bonchev–Trinajstić information content (AvgIpc) is 2.83. The Morgan fingerprint density at radius 1 is 1.20 bits per heavy atom. The molecule has 3 nitrogen and oxygen atoms in total. The zero-order chi connectivity index (χ0) is 17.0. The lowest BCUT2D eigenvalue weighted by Crippen LogP contribution is -2.58. The SMILES string of the molecule is COc1ccc(N)c(C23CCCCC2C2C(CN2CC2CCC2)C3)c1. The van der Waals surface area contributed by atoms with Crippen LogP contribution < -0.4 is 10.5 Å². The first-order valence-electron chi connectivity index (χ1n) is 10.4. The van der Waals surface area contributed by atoms with E-state index in [1.54, 1.807) is 7.11 Å². The normalized spacial score (nSPS) is 37.7. The van der Waals surface area contributed by atoms with E-state index >= 15 is 0 Å². The van der Waals surface area contributed by atoms with Gasteiger partial charge in [-0.25, -0.2) is 0 Å². The molecule has 25 heavy (non-hydrogen) atoms. The fourth-order valence-corrected chi connectivity index (χ4v) is 6.69. The highest BCUT2D eigenvalue weighted by Gasteiger charge is 2.61. The Balaban J connectivity index is 1.47. The number of anilines is 1. The lowest BCUT2D eigenvalue weighted by Gasteiger charge is -2.51. The third-order valence-electron chi connectivity index (χ3n) is 8.02. The molecule has 0 spiro atoms. The first-order valence-corrected chi connectivity index (χ1v) is 10.4. The second kappa shape index (κ2) is 5.90. The number of fused-ring (bicyclic) bond motifs is 3. The standard InChI is InChI=1S/C22H32N2O/c1-25-17-8-9-20(23)19(11-17)22-10-3-2-7-18(22)21-16(12-22)14-24(21)13-15-5-4-6-15/h8-9,11,15-16,18,21H,2-7,10,12-14,23H2,1H3. The van der Waals surface area contributed by atoms with Gasteiger partial charge in [-0.3, -0.25) is 4.90 Å². The smallest absolute Gasteiger partial charge is 0.119 e. The lowest BCUT2D eigenvalue weighted by molar-refractivity contribution is -0.0170. The van der Waals surface area contributed by atoms with E-state index < -0.39 is 0 Å². The summed E-state index contributed by atoms with van der Waals surface area (Å²) >= 11 is 0. The quantitative estimate of drug-likeness (QED) is 0.835. The van der Waals surface area contributed by atoms with Crippen molar-refractivity contribution in [1.29, 1.82) is 0 Å². The van der Waals surface area contributed by atoms with Crippen LogP contribution in [0.3, 0.4) is 0 Å². The van der Waals surface area contributed by atoms with Gasteiger partial charge in [0.15, 0.2) is 0 Å². The fraction of sp³-hybridized carbons (Fsp3) is 0.727. The van der Waals surface area contributed by atoms with Crippen LogP contribution in [0.5, 0.6) is 5.75 Å². The van der Waals surface area contributed by atoms with Gasteiger partial charge in [0.25, 0.3) is 0 Å². The lowest BCUT2D eigenvalue weighted by atomic mass is 9.63. The summed E-state index contributed by atoms with van der Waals surface area (Å²) in [5.41, 5.74) is 9.20. The van der Waals surface area contributed by atoms with Crippen LogP contribution in [-0.4, -0.2) is 31.1 Å². The number of nitrogens with two attached hydrogens (primary N) is 1. The minimum Gasteiger partial charge on any atom is -0.497 e. The summed E-state index contributed by atoms with van der Waals surface area (Å²) in [5.74, 6) is 3.65. The van der Waals surface area contributed by atoms with Crippen molar-refractivity contribution in [2.24, 2.45) is 17.8 Å². The van der Waals surface area contributed by atoms with Gasteiger partial charge in [-0.2, -0.15) is 0 Å². The molecule has 0 bridgehead atoms. The van der Waals surface area contributed by atoms with Gasteiger partial charge < -0.3 is 10.5 Å². The summed E-state index contributed by atoms with van der Waals surface area (Å²) in [4.78, 5) is 2.85. The predicted molar refractivity (Wildman–Crippen MR) is 102 cm³/mol. The maximum absolute atomic E-state index is 6.51. The maximum atomic E-state index is 6.51. The van der Waals surface area contributed by atoms with Crippen molar-refractivity contribution in [1.82, 2.24) is 4.90 Å². The van der Waals surface area contributed by atoms with Gasteiger partial charge in [-0.1, -0.05) is 19.3 Å². The molecule has 1 aromatic rings. The Labute approximate surface area is 151 Å². The zero-order valence-electron chi connectivity index (χ0n) is 15.5. The average molecular weight is 341 g/mol. The summed E-state index contributed by atoms with van der Waals surface area (Å²) in [6.07, 6.45) is 11.2. The van der Waals surface area contributed by atoms with Crippen molar-refractivity contribution in [3.63, 3.8) is 0 Å². The topological polar surface area (TPSA) is 38.5 Å². The molecule has 3 aliphatic carbocycles. The number of hydrogen-bond donors (Lipinski definition) is 1. The Bertz CT molecular complexity index is 655. The van der Waals surface area contributed by atoms with Crippen LogP contribution in [0.1, 0.15) is 56.9 Å². The summed E-state index contributed by atoms with van der Waals surface area (Å²) in [5, 5.41) is 0. The molecule has 0 amide bonds. The van der Waals surface area contributed by atoms with E-state index in [1.807, 2.05) is 6.07 Å². The molecule has 4 aliphatic rings. The number of rotatable bonds is 4. The van der Waals surface area contributed by atoms with Crippen LogP contribution in [0.4, 0.5) is 5.69 Å². The van der Waals surface area contributed by atoms with Gasteiger partial charge in [-0.05, 0) is 73.6 Å². The second-order valence-electron chi connectivity index (χ2n) is 9.17. The molecule has 1 saturated heterocycles. The molecule has 1 aliphatic heterocycles. The minimum atomic E-state index is 0.306. The molecule has 4 fully saturated rings. The van der Waals surface area contributed by atoms with Crippen molar-refractivity contribution in [2.45, 2.75) is 62.8 Å². The molecule has 4 unspecified atom stereocenters. The molecule has 3 saturated carbocycles. The largest absolute Gasteiger partial charge is 0.497 e. The van der Waals surface area contributed by atoms with Gasteiger partial charge in [0.2, 0.25) is 0 Å². The van der Waals surface area contributed by atoms with Gasteiger partial charge in [0, 0.05) is 30.2 Å². The number of benzene rings is 1. The molecule has 4 atom stereocenters. The molecule has 1 heterocycles. The Kier molecular flexibility index (Phi) is 3.78. The second-order valence-corrected chi connectivity index (χ2v) is 9.17. The number of nitrogen functional groups attached to an aromatic ring is 1. The van der Waals surface area contributed by atoms with Crippen molar-refractivity contribution < 1.29 is 4.74 Å². The minimum absolute atomic E-state index is 0.306. The number of nitrogens with zero attached hydrogens (tertiary/aromatic N) is 1. The highest BCUT2D eigenvalue weighted by atomic mass is 16.5. The van der Waals surface area contributed by atoms with Crippen molar-refractivity contribution in [3.05, 3.63) is 23.8 Å². The van der Waals surface area contributed by atoms with E-state index in [2.05, 4.69) is 17.0 Å². The first kappa shape index (κ1) is 16.0. The van der Waals surface area contributed by atoms with Crippen LogP contribution in [-0.2, 0) is 5.41 Å². The van der Waals surface area contributed by atoms with Crippen molar-refractivity contribution in [2.75, 3.05) is 25.9 Å². The third kappa shape index (κ3) is 2.34. The van der Waals surface area contributed by atoms with Gasteiger partial charge >= 0.3 is 0 Å². The Hall–Kier alpha value is -1.22. The molecule has 1 aromatic carbocycles. The highest BCUT2D eigenvalue weighted by Crippen LogP contribution is 2.61. The maximum Gasteiger partial charge on any atom is 0.119 e. The van der Waals surface area contributed by atoms with E-state index in [1.165, 1.54) is 70.0 Å². The molecule has 0 radical (unpaired) electrons. The van der Waals surface area contributed by atoms with E-state index in [9.17, 15) is 0 Å². The highest BCUT2D eigenvalue weighted by molar-refractivity contribution is 5.56. The molecular weight excluding hydrogens is 308 g/mol. The molecular formula is C22H32N2O. The number of ether oxygens (including phenoxy) is 1. The van der Waals surface area contributed by atoms with Crippen LogP contribution in [0.15, 0.2) is 18.2 Å². The molecule has 5 rings (SSSR count). The summed E-state index contributed by atoms with van der Waals surface area (Å²) in [7, 11) is 1.77. The third-order valence-corrected chi connectivity index (χ3v) is 8.02. The Morgan fingerprint density at radius 2 is 2.08 bits per heavy atom. The summed E-state index contributed by atoms with van der Waals surface area (Å²) in [6, 6.07) is 7.17. The Morgan fingerprint density at radius 3 is 2.84 bits per heavy atom. The van der Waals surface area contributed by atoms with Crippen LogP contribution in [0, 0.1) is 17.8 Å². The molecule has 3 heteroatoms. The van der Waals surface area contributed by atoms with Gasteiger partial charge in [0.1, 0.15) is 5.75 Å². The van der Waals surface area contributed by atoms with Gasteiger partial charge in [-0.15, -0.1) is 0 Å².